The number of amides is 1. The Kier molecular flexibility index (Phi) is 4.15. The van der Waals surface area contributed by atoms with Gasteiger partial charge >= 0.3 is 0 Å². The summed E-state index contributed by atoms with van der Waals surface area (Å²) in [5, 5.41) is 2.87. The fraction of sp³-hybridized carbons (Fsp3) is 0.214. The summed E-state index contributed by atoms with van der Waals surface area (Å²) >= 11 is 0. The lowest BCUT2D eigenvalue weighted by Crippen LogP contribution is -2.13. The first kappa shape index (κ1) is 12.4. The summed E-state index contributed by atoms with van der Waals surface area (Å²) in [6.45, 7) is 0.539. The number of aromatic nitrogens is 1. The number of nitrogens with one attached hydrogen (secondary N) is 1. The van der Waals surface area contributed by atoms with Gasteiger partial charge in [-0.25, -0.2) is 0 Å². The van der Waals surface area contributed by atoms with Gasteiger partial charge in [-0.3, -0.25) is 4.79 Å². The third-order valence-corrected chi connectivity index (χ3v) is 2.64. The molecule has 0 spiro atoms. The molecule has 0 aliphatic heterocycles. The van der Waals surface area contributed by atoms with Crippen LogP contribution in [0.3, 0.4) is 0 Å². The van der Waals surface area contributed by atoms with E-state index in [1.165, 1.54) is 0 Å². The summed E-state index contributed by atoms with van der Waals surface area (Å²) in [4.78, 5) is 11.6. The summed E-state index contributed by atoms with van der Waals surface area (Å²) in [5.41, 5.74) is 7.21. The molecule has 3 N–H and O–H groups in total. The van der Waals surface area contributed by atoms with Crippen LogP contribution in [0.15, 0.2) is 48.8 Å². The predicted octanol–water partition coefficient (Wildman–Crippen LogP) is 2.15. The van der Waals surface area contributed by atoms with Crippen LogP contribution in [0.2, 0.25) is 0 Å². The number of hydrogen-bond donors (Lipinski definition) is 2. The molecule has 0 saturated heterocycles. The van der Waals surface area contributed by atoms with Gasteiger partial charge in [0.2, 0.25) is 5.91 Å². The van der Waals surface area contributed by atoms with Crippen LogP contribution in [-0.2, 0) is 4.79 Å². The minimum absolute atomic E-state index is 0.00473. The molecule has 0 aliphatic carbocycles. The van der Waals surface area contributed by atoms with E-state index in [2.05, 4.69) is 5.32 Å². The van der Waals surface area contributed by atoms with Gasteiger partial charge in [-0.05, 0) is 43.3 Å². The quantitative estimate of drug-likeness (QED) is 0.845. The first-order chi connectivity index (χ1) is 8.79. The Hall–Kier alpha value is -2.07. The zero-order chi connectivity index (χ0) is 12.8. The van der Waals surface area contributed by atoms with Crippen molar-refractivity contribution < 1.29 is 4.79 Å². The van der Waals surface area contributed by atoms with Crippen molar-refractivity contribution in [2.24, 2.45) is 5.73 Å². The number of carbonyl (C=O) groups excluding carboxylic acids is 1. The minimum Gasteiger partial charge on any atom is -0.330 e. The zero-order valence-corrected chi connectivity index (χ0v) is 10.2. The second-order valence-electron chi connectivity index (χ2n) is 4.08. The van der Waals surface area contributed by atoms with Crippen LogP contribution in [0.5, 0.6) is 0 Å². The van der Waals surface area contributed by atoms with Gasteiger partial charge in [0.15, 0.2) is 0 Å². The molecule has 0 atom stereocenters. The van der Waals surface area contributed by atoms with Crippen molar-refractivity contribution in [2.45, 2.75) is 12.8 Å². The smallest absolute Gasteiger partial charge is 0.224 e. The lowest BCUT2D eigenvalue weighted by atomic mass is 10.2. The van der Waals surface area contributed by atoms with Gasteiger partial charge in [0.1, 0.15) is 0 Å². The molecule has 0 saturated carbocycles. The van der Waals surface area contributed by atoms with Crippen LogP contribution < -0.4 is 11.1 Å². The first-order valence-electron chi connectivity index (χ1n) is 6.03. The number of nitrogens with zero attached hydrogens (tertiary/aromatic N) is 1. The lowest BCUT2D eigenvalue weighted by Gasteiger charge is -2.08. The molecule has 1 aromatic carbocycles. The van der Waals surface area contributed by atoms with Crippen molar-refractivity contribution in [2.75, 3.05) is 11.9 Å². The zero-order valence-electron chi connectivity index (χ0n) is 10.2. The number of nitrogens with two attached hydrogens (primary N) is 1. The molecule has 0 aliphatic rings. The van der Waals surface area contributed by atoms with E-state index in [1.807, 2.05) is 53.4 Å². The van der Waals surface area contributed by atoms with Gasteiger partial charge in [-0.15, -0.1) is 0 Å². The van der Waals surface area contributed by atoms with Crippen LogP contribution >= 0.6 is 0 Å². The molecule has 0 bridgehead atoms. The molecular formula is C14H17N3O. The molecule has 94 valence electrons. The van der Waals surface area contributed by atoms with Gasteiger partial charge in [-0.1, -0.05) is 6.07 Å². The van der Waals surface area contributed by atoms with Crippen LogP contribution in [0.25, 0.3) is 5.69 Å². The largest absolute Gasteiger partial charge is 0.330 e. The first-order valence-corrected chi connectivity index (χ1v) is 6.03. The van der Waals surface area contributed by atoms with E-state index in [1.54, 1.807) is 0 Å². The Morgan fingerprint density at radius 3 is 2.72 bits per heavy atom. The monoisotopic (exact) mass is 243 g/mol. The summed E-state index contributed by atoms with van der Waals surface area (Å²) in [5.74, 6) is 0.00473. The van der Waals surface area contributed by atoms with E-state index in [0.717, 1.165) is 11.4 Å². The molecular weight excluding hydrogens is 226 g/mol. The average Bonchev–Trinajstić information content (AvgIpc) is 2.90. The van der Waals surface area contributed by atoms with Gasteiger partial charge in [0.25, 0.3) is 0 Å². The van der Waals surface area contributed by atoms with Crippen molar-refractivity contribution in [3.63, 3.8) is 0 Å². The predicted molar refractivity (Wildman–Crippen MR) is 72.7 cm³/mol. The van der Waals surface area contributed by atoms with Crippen LogP contribution in [0.4, 0.5) is 5.69 Å². The van der Waals surface area contributed by atoms with Crippen molar-refractivity contribution in [3.05, 3.63) is 48.8 Å². The maximum absolute atomic E-state index is 11.6. The molecule has 2 aromatic rings. The Morgan fingerprint density at radius 1 is 1.22 bits per heavy atom. The molecule has 18 heavy (non-hydrogen) atoms. The highest BCUT2D eigenvalue weighted by Crippen LogP contribution is 2.15. The minimum atomic E-state index is 0.00473. The highest BCUT2D eigenvalue weighted by Gasteiger charge is 2.02. The Bertz CT molecular complexity index is 506. The van der Waals surface area contributed by atoms with Crippen molar-refractivity contribution in [1.82, 2.24) is 4.57 Å². The van der Waals surface area contributed by atoms with Gasteiger partial charge < -0.3 is 15.6 Å². The van der Waals surface area contributed by atoms with E-state index < -0.39 is 0 Å². The number of rotatable bonds is 5. The molecule has 0 radical (unpaired) electrons. The fourth-order valence-electron chi connectivity index (χ4n) is 1.74. The van der Waals surface area contributed by atoms with Gasteiger partial charge in [-0.2, -0.15) is 0 Å². The van der Waals surface area contributed by atoms with Crippen LogP contribution in [0.1, 0.15) is 12.8 Å². The van der Waals surface area contributed by atoms with E-state index in [0.29, 0.717) is 19.4 Å². The SMILES string of the molecule is NCCCC(=O)Nc1cccc(-n2cccc2)c1. The second kappa shape index (κ2) is 6.02. The maximum Gasteiger partial charge on any atom is 0.224 e. The van der Waals surface area contributed by atoms with E-state index in [9.17, 15) is 4.79 Å². The van der Waals surface area contributed by atoms with Gasteiger partial charge in [0, 0.05) is 30.2 Å². The van der Waals surface area contributed by atoms with E-state index >= 15 is 0 Å². The van der Waals surface area contributed by atoms with Gasteiger partial charge in [0.05, 0.1) is 0 Å². The molecule has 2 rings (SSSR count). The highest BCUT2D eigenvalue weighted by molar-refractivity contribution is 5.90. The maximum atomic E-state index is 11.6. The number of benzene rings is 1. The Labute approximate surface area is 106 Å². The standard InChI is InChI=1S/C14H17N3O/c15-8-4-7-14(18)16-12-5-3-6-13(11-12)17-9-1-2-10-17/h1-3,5-6,9-11H,4,7-8,15H2,(H,16,18). The summed E-state index contributed by atoms with van der Waals surface area (Å²) in [7, 11) is 0. The van der Waals surface area contributed by atoms with E-state index in [-0.39, 0.29) is 5.91 Å². The van der Waals surface area contributed by atoms with E-state index in [4.69, 9.17) is 5.73 Å². The fourth-order valence-corrected chi connectivity index (χ4v) is 1.74. The van der Waals surface area contributed by atoms with Crippen LogP contribution in [0, 0.1) is 0 Å². The third kappa shape index (κ3) is 3.21. The number of hydrogen-bond acceptors (Lipinski definition) is 2. The molecule has 1 aromatic heterocycles. The molecule has 0 unspecified atom stereocenters. The molecule has 4 nitrogen and oxygen atoms in total. The number of carbonyl (C=O) groups is 1. The normalized spacial score (nSPS) is 10.3. The third-order valence-electron chi connectivity index (χ3n) is 2.64. The molecule has 1 heterocycles. The molecule has 1 amide bonds. The van der Waals surface area contributed by atoms with Crippen molar-refractivity contribution in [3.8, 4) is 5.69 Å². The molecule has 0 fully saturated rings. The lowest BCUT2D eigenvalue weighted by molar-refractivity contribution is -0.116. The summed E-state index contributed by atoms with van der Waals surface area (Å²) in [6, 6.07) is 11.7. The molecule has 4 heteroatoms. The average molecular weight is 243 g/mol. The topological polar surface area (TPSA) is 60.1 Å². The van der Waals surface area contributed by atoms with Crippen LogP contribution in [-0.4, -0.2) is 17.0 Å². The summed E-state index contributed by atoms with van der Waals surface area (Å²) in [6.07, 6.45) is 5.11. The Morgan fingerprint density at radius 2 is 2.00 bits per heavy atom. The summed E-state index contributed by atoms with van der Waals surface area (Å²) < 4.78 is 2.00. The van der Waals surface area contributed by atoms with Crippen molar-refractivity contribution in [1.29, 1.82) is 0 Å². The Balaban J connectivity index is 2.06. The van der Waals surface area contributed by atoms with Crippen molar-refractivity contribution >= 4 is 11.6 Å². The number of anilines is 1. The second-order valence-corrected chi connectivity index (χ2v) is 4.08. The highest BCUT2D eigenvalue weighted by atomic mass is 16.1.